The topological polar surface area (TPSA) is 53.6 Å². The number of pyridine rings is 1. The van der Waals surface area contributed by atoms with Gasteiger partial charge in [-0.25, -0.2) is 9.97 Å². The van der Waals surface area contributed by atoms with E-state index in [9.17, 15) is 0 Å². The molecular formula is C23H22N4. The Labute approximate surface area is 158 Å². The van der Waals surface area contributed by atoms with E-state index in [1.54, 1.807) is 6.33 Å². The Bertz CT molecular complexity index is 1070. The summed E-state index contributed by atoms with van der Waals surface area (Å²) in [7, 11) is 0. The van der Waals surface area contributed by atoms with Gasteiger partial charge < -0.3 is 10.3 Å². The van der Waals surface area contributed by atoms with Crippen LogP contribution in [0.2, 0.25) is 0 Å². The molecule has 1 aliphatic rings. The molecule has 0 aliphatic heterocycles. The molecule has 2 N–H and O–H groups in total. The molecule has 134 valence electrons. The van der Waals surface area contributed by atoms with Crippen molar-refractivity contribution in [2.45, 2.75) is 32.4 Å². The Balaban J connectivity index is 1.28. The monoisotopic (exact) mass is 354 g/mol. The molecule has 4 heteroatoms. The van der Waals surface area contributed by atoms with Crippen LogP contribution >= 0.6 is 0 Å². The standard InChI is InChI=1S/C23H22N4/c1-15-21(12-22-23(27-15)26-14-25-22)17-8-6-16(7-9-17)13-24-20-10-18-4-2-3-5-19(18)11-20/h2-9,12,14,20,24H,10-11,13H2,1H3,(H,25,26,27). The van der Waals surface area contributed by atoms with Gasteiger partial charge in [-0.3, -0.25) is 0 Å². The summed E-state index contributed by atoms with van der Waals surface area (Å²) in [6.07, 6.45) is 3.95. The smallest absolute Gasteiger partial charge is 0.177 e. The van der Waals surface area contributed by atoms with Crippen molar-refractivity contribution in [2.24, 2.45) is 0 Å². The van der Waals surface area contributed by atoms with Crippen LogP contribution in [0.4, 0.5) is 0 Å². The molecule has 2 aromatic heterocycles. The largest absolute Gasteiger partial charge is 0.343 e. The highest BCUT2D eigenvalue weighted by Crippen LogP contribution is 2.26. The number of H-pyrrole nitrogens is 1. The summed E-state index contributed by atoms with van der Waals surface area (Å²) >= 11 is 0. The van der Waals surface area contributed by atoms with Crippen LogP contribution < -0.4 is 5.32 Å². The number of nitrogens with one attached hydrogen (secondary N) is 2. The van der Waals surface area contributed by atoms with Crippen LogP contribution in [-0.2, 0) is 19.4 Å². The van der Waals surface area contributed by atoms with Gasteiger partial charge in [0.2, 0.25) is 0 Å². The zero-order valence-corrected chi connectivity index (χ0v) is 15.4. The first-order valence-electron chi connectivity index (χ1n) is 9.46. The maximum atomic E-state index is 4.59. The molecule has 0 bridgehead atoms. The molecule has 0 unspecified atom stereocenters. The van der Waals surface area contributed by atoms with Crippen molar-refractivity contribution in [1.82, 2.24) is 20.3 Å². The number of fused-ring (bicyclic) bond motifs is 2. The van der Waals surface area contributed by atoms with Gasteiger partial charge in [-0.1, -0.05) is 48.5 Å². The molecular weight excluding hydrogens is 332 g/mol. The summed E-state index contributed by atoms with van der Waals surface area (Å²) in [6, 6.07) is 20.2. The average Bonchev–Trinajstić information content (AvgIpc) is 3.32. The molecule has 4 aromatic rings. The first kappa shape index (κ1) is 16.2. The van der Waals surface area contributed by atoms with Crippen molar-refractivity contribution < 1.29 is 0 Å². The van der Waals surface area contributed by atoms with Gasteiger partial charge >= 0.3 is 0 Å². The van der Waals surface area contributed by atoms with Gasteiger partial charge in [0.15, 0.2) is 5.65 Å². The van der Waals surface area contributed by atoms with Crippen LogP contribution in [0.3, 0.4) is 0 Å². The fraction of sp³-hybridized carbons (Fsp3) is 0.217. The molecule has 0 spiro atoms. The normalized spacial score (nSPS) is 14.0. The number of rotatable bonds is 4. The van der Waals surface area contributed by atoms with Gasteiger partial charge in [0.1, 0.15) is 0 Å². The fourth-order valence-electron chi connectivity index (χ4n) is 4.02. The molecule has 1 aliphatic carbocycles. The van der Waals surface area contributed by atoms with E-state index in [1.165, 1.54) is 22.3 Å². The van der Waals surface area contributed by atoms with Gasteiger partial charge in [-0.05, 0) is 48.1 Å². The third kappa shape index (κ3) is 3.13. The highest BCUT2D eigenvalue weighted by atomic mass is 15.0. The molecule has 2 heterocycles. The number of nitrogens with zero attached hydrogens (tertiary/aromatic N) is 2. The summed E-state index contributed by atoms with van der Waals surface area (Å²) in [4.78, 5) is 12.0. The first-order valence-corrected chi connectivity index (χ1v) is 9.46. The highest BCUT2D eigenvalue weighted by Gasteiger charge is 2.20. The number of benzene rings is 2. The van der Waals surface area contributed by atoms with Crippen LogP contribution in [-0.4, -0.2) is 21.0 Å². The lowest BCUT2D eigenvalue weighted by molar-refractivity contribution is 0.533. The maximum absolute atomic E-state index is 4.59. The van der Waals surface area contributed by atoms with Gasteiger partial charge in [-0.2, -0.15) is 0 Å². The van der Waals surface area contributed by atoms with E-state index in [4.69, 9.17) is 0 Å². The lowest BCUT2D eigenvalue weighted by Crippen LogP contribution is -2.28. The number of aromatic nitrogens is 3. The summed E-state index contributed by atoms with van der Waals surface area (Å²) in [5.41, 5.74) is 9.37. The maximum Gasteiger partial charge on any atom is 0.177 e. The molecule has 5 rings (SSSR count). The molecule has 0 fully saturated rings. The van der Waals surface area contributed by atoms with E-state index < -0.39 is 0 Å². The molecule has 0 saturated heterocycles. The van der Waals surface area contributed by atoms with Crippen LogP contribution in [0.5, 0.6) is 0 Å². The van der Waals surface area contributed by atoms with Crippen LogP contribution in [0.1, 0.15) is 22.4 Å². The zero-order valence-electron chi connectivity index (χ0n) is 15.4. The Kier molecular flexibility index (Phi) is 3.98. The molecule has 4 nitrogen and oxygen atoms in total. The predicted molar refractivity (Wildman–Crippen MR) is 109 cm³/mol. The van der Waals surface area contributed by atoms with E-state index in [0.29, 0.717) is 6.04 Å². The Hall–Kier alpha value is -2.98. The van der Waals surface area contributed by atoms with Crippen molar-refractivity contribution in [1.29, 1.82) is 0 Å². The minimum absolute atomic E-state index is 0.538. The minimum atomic E-state index is 0.538. The van der Waals surface area contributed by atoms with E-state index in [-0.39, 0.29) is 0 Å². The van der Waals surface area contributed by atoms with E-state index >= 15 is 0 Å². The SMILES string of the molecule is Cc1nc2nc[nH]c2cc1-c1ccc(CNC2Cc3ccccc3C2)cc1. The molecule has 0 amide bonds. The van der Waals surface area contributed by atoms with Crippen LogP contribution in [0.15, 0.2) is 60.9 Å². The summed E-state index contributed by atoms with van der Waals surface area (Å²) in [5, 5.41) is 3.71. The quantitative estimate of drug-likeness (QED) is 0.578. The second kappa shape index (κ2) is 6.63. The van der Waals surface area contributed by atoms with Gasteiger partial charge in [0.25, 0.3) is 0 Å². The van der Waals surface area contributed by atoms with Crippen molar-refractivity contribution >= 4 is 11.2 Å². The molecule has 0 radical (unpaired) electrons. The molecule has 2 aromatic carbocycles. The van der Waals surface area contributed by atoms with Gasteiger partial charge in [-0.15, -0.1) is 0 Å². The zero-order chi connectivity index (χ0) is 18.2. The van der Waals surface area contributed by atoms with Crippen LogP contribution in [0.25, 0.3) is 22.3 Å². The number of aromatic amines is 1. The average molecular weight is 354 g/mol. The lowest BCUT2D eigenvalue weighted by Gasteiger charge is -2.12. The predicted octanol–water partition coefficient (Wildman–Crippen LogP) is 4.19. The fourth-order valence-corrected chi connectivity index (χ4v) is 4.02. The van der Waals surface area contributed by atoms with Crippen molar-refractivity contribution in [2.75, 3.05) is 0 Å². The Morgan fingerprint density at radius 3 is 2.52 bits per heavy atom. The second-order valence-electron chi connectivity index (χ2n) is 7.35. The third-order valence-electron chi connectivity index (χ3n) is 5.51. The van der Waals surface area contributed by atoms with Crippen molar-refractivity contribution in [3.63, 3.8) is 0 Å². The van der Waals surface area contributed by atoms with E-state index in [1.807, 2.05) is 6.92 Å². The van der Waals surface area contributed by atoms with Gasteiger partial charge in [0, 0.05) is 23.8 Å². The summed E-state index contributed by atoms with van der Waals surface area (Å²) < 4.78 is 0. The molecule has 27 heavy (non-hydrogen) atoms. The minimum Gasteiger partial charge on any atom is -0.343 e. The third-order valence-corrected chi connectivity index (χ3v) is 5.51. The second-order valence-corrected chi connectivity index (χ2v) is 7.35. The highest BCUT2D eigenvalue weighted by molar-refractivity contribution is 5.79. The number of aryl methyl sites for hydroxylation is 1. The van der Waals surface area contributed by atoms with Gasteiger partial charge in [0.05, 0.1) is 11.8 Å². The van der Waals surface area contributed by atoms with E-state index in [0.717, 1.165) is 41.8 Å². The Morgan fingerprint density at radius 1 is 1.04 bits per heavy atom. The molecule has 0 atom stereocenters. The van der Waals surface area contributed by atoms with E-state index in [2.05, 4.69) is 74.9 Å². The Morgan fingerprint density at radius 2 is 1.78 bits per heavy atom. The van der Waals surface area contributed by atoms with Crippen molar-refractivity contribution in [3.05, 3.63) is 83.3 Å². The molecule has 0 saturated carbocycles. The number of hydrogen-bond donors (Lipinski definition) is 2. The number of hydrogen-bond acceptors (Lipinski definition) is 3. The van der Waals surface area contributed by atoms with Crippen LogP contribution in [0, 0.1) is 6.92 Å². The number of imidazole rings is 1. The van der Waals surface area contributed by atoms with Crippen molar-refractivity contribution in [3.8, 4) is 11.1 Å². The summed E-state index contributed by atoms with van der Waals surface area (Å²) in [5.74, 6) is 0. The summed E-state index contributed by atoms with van der Waals surface area (Å²) in [6.45, 7) is 2.94. The lowest BCUT2D eigenvalue weighted by atomic mass is 10.0. The first-order chi connectivity index (χ1) is 13.3.